The predicted molar refractivity (Wildman–Crippen MR) is 162 cm³/mol. The Hall–Kier alpha value is -3.95. The molecule has 0 aromatic rings. The highest BCUT2D eigenvalue weighted by Gasteiger charge is 2.21. The van der Waals surface area contributed by atoms with Crippen LogP contribution in [0.3, 0.4) is 0 Å². The van der Waals surface area contributed by atoms with Crippen molar-refractivity contribution in [3.8, 4) is 0 Å². The van der Waals surface area contributed by atoms with E-state index in [-0.39, 0.29) is 19.5 Å². The summed E-state index contributed by atoms with van der Waals surface area (Å²) in [6.07, 6.45) is -1.85. The average molecular weight is 640 g/mol. The van der Waals surface area contributed by atoms with Crippen molar-refractivity contribution >= 4 is 41.4 Å². The van der Waals surface area contributed by atoms with Crippen LogP contribution in [0.5, 0.6) is 0 Å². The third kappa shape index (κ3) is 32.6. The largest absolute Gasteiger partial charge is 0.387 e. The zero-order valence-corrected chi connectivity index (χ0v) is 26.2. The van der Waals surface area contributed by atoms with Crippen molar-refractivity contribution in [2.45, 2.75) is 39.5 Å². The Bertz CT molecular complexity index is 829. The van der Waals surface area contributed by atoms with Crippen LogP contribution in [0.2, 0.25) is 0 Å². The Morgan fingerprint density at radius 1 is 0.614 bits per heavy atom. The van der Waals surface area contributed by atoms with Crippen molar-refractivity contribution in [2.75, 3.05) is 73.1 Å². The normalized spacial score (nSPS) is 10.6. The van der Waals surface area contributed by atoms with E-state index in [1.165, 1.54) is 14.1 Å². The molecule has 0 aliphatic carbocycles. The molecule has 20 heteroatoms. The van der Waals surface area contributed by atoms with E-state index in [1.807, 2.05) is 31.4 Å². The molecule has 16 N–H and O–H groups in total. The summed E-state index contributed by atoms with van der Waals surface area (Å²) in [5, 5.41) is 36.3. The molecule has 0 spiro atoms. The maximum atomic E-state index is 12.1. The predicted octanol–water partition coefficient (Wildman–Crippen LogP) is -7.39. The van der Waals surface area contributed by atoms with Gasteiger partial charge in [-0.1, -0.05) is 20.8 Å². The first-order valence-corrected chi connectivity index (χ1v) is 13.7. The van der Waals surface area contributed by atoms with Gasteiger partial charge in [0.15, 0.2) is 0 Å². The number of nitrogens with two attached hydrogens (primary N) is 3. The molecule has 0 aliphatic heterocycles. The van der Waals surface area contributed by atoms with Crippen molar-refractivity contribution in [3.63, 3.8) is 0 Å². The molecule has 2 unspecified atom stereocenters. The highest BCUT2D eigenvalue weighted by Crippen LogP contribution is 1.90. The van der Waals surface area contributed by atoms with Gasteiger partial charge in [0.2, 0.25) is 41.7 Å². The molecule has 0 rings (SSSR count). The van der Waals surface area contributed by atoms with Crippen LogP contribution in [0.15, 0.2) is 0 Å². The molecule has 0 aliphatic rings. The minimum Gasteiger partial charge on any atom is -0.387 e. The van der Waals surface area contributed by atoms with Crippen LogP contribution in [0.1, 0.15) is 27.2 Å². The summed E-state index contributed by atoms with van der Waals surface area (Å²) >= 11 is 0. The van der Waals surface area contributed by atoms with Gasteiger partial charge in [-0.2, -0.15) is 0 Å². The highest BCUT2D eigenvalue weighted by molar-refractivity contribution is 5.92. The molecule has 0 saturated heterocycles. The van der Waals surface area contributed by atoms with Crippen LogP contribution in [0, 0.1) is 0 Å². The molecule has 7 amide bonds. The molecule has 0 aromatic carbocycles. The zero-order chi connectivity index (χ0) is 34.9. The maximum Gasteiger partial charge on any atom is 0.270 e. The number of aliphatic hydroxyl groups is 2. The molecule has 0 radical (unpaired) electrons. The van der Waals surface area contributed by atoms with Crippen LogP contribution in [0.25, 0.3) is 0 Å². The highest BCUT2D eigenvalue weighted by atomic mass is 16.3. The van der Waals surface area contributed by atoms with Crippen LogP contribution < -0.4 is 59.7 Å². The van der Waals surface area contributed by atoms with Gasteiger partial charge in [-0.25, -0.2) is 0 Å². The SMILES string of the molecule is CCN.CCN.CCN.CNC(=O)CNC(=O)CNC(=O)CNC(=O)C(O)NC(=O)CNC(=O)C(CCNC(=O)CO)NC. The van der Waals surface area contributed by atoms with Gasteiger partial charge >= 0.3 is 0 Å². The molecule has 0 aromatic heterocycles. The maximum absolute atomic E-state index is 12.1. The van der Waals surface area contributed by atoms with Crippen molar-refractivity contribution in [1.82, 2.24) is 42.5 Å². The average Bonchev–Trinajstić information content (AvgIpc) is 2.99. The number of rotatable bonds is 16. The molecule has 0 saturated carbocycles. The number of likely N-dealkylation sites (N-methyl/N-ethyl adjacent to an activating group) is 2. The number of nitrogens with one attached hydrogen (secondary N) is 8. The Labute approximate surface area is 257 Å². The summed E-state index contributed by atoms with van der Waals surface area (Å²) in [6.45, 7) is 5.46. The van der Waals surface area contributed by atoms with E-state index >= 15 is 0 Å². The van der Waals surface area contributed by atoms with Crippen molar-refractivity contribution < 1.29 is 43.8 Å². The lowest BCUT2D eigenvalue weighted by molar-refractivity contribution is -0.138. The standard InChI is InChI=1S/C18H32N8O9.3C2H7N/c1-19-10(3-4-21-15(32)9-27)16(33)24-8-14(31)26-18(35)17(34)25-7-13(30)23-6-12(29)22-5-11(28)20-2;3*1-2-3/h10,18-19,27,35H,3-9H2,1-2H3,(H,20,28)(H,21,32)(H,22,29)(H,23,30)(H,24,33)(H,25,34)(H,26,31);3*2-3H2,1H3. The molecule has 44 heavy (non-hydrogen) atoms. The molecular weight excluding hydrogens is 586 g/mol. The van der Waals surface area contributed by atoms with Gasteiger partial charge in [0, 0.05) is 13.6 Å². The number of hydrogen-bond donors (Lipinski definition) is 13. The van der Waals surface area contributed by atoms with Crippen LogP contribution in [0.4, 0.5) is 0 Å². The Kier molecular flexibility index (Phi) is 35.8. The summed E-state index contributed by atoms with van der Waals surface area (Å²) in [5.41, 5.74) is 14.5. The fourth-order valence-corrected chi connectivity index (χ4v) is 2.21. The van der Waals surface area contributed by atoms with Crippen LogP contribution >= 0.6 is 0 Å². The molecule has 0 bridgehead atoms. The lowest BCUT2D eigenvalue weighted by Gasteiger charge is -2.17. The Balaban J connectivity index is -0.000000785. The first-order valence-electron chi connectivity index (χ1n) is 13.7. The zero-order valence-electron chi connectivity index (χ0n) is 26.2. The van der Waals surface area contributed by atoms with E-state index in [1.54, 1.807) is 0 Å². The topological polar surface area (TPSA) is 334 Å². The minimum absolute atomic E-state index is 0.0949. The molecule has 20 nitrogen and oxygen atoms in total. The van der Waals surface area contributed by atoms with E-state index < -0.39 is 79.9 Å². The lowest BCUT2D eigenvalue weighted by atomic mass is 10.2. The van der Waals surface area contributed by atoms with Gasteiger partial charge in [-0.15, -0.1) is 0 Å². The van der Waals surface area contributed by atoms with Gasteiger partial charge in [-0.3, -0.25) is 33.6 Å². The molecular formula is C24H53N11O9. The fraction of sp³-hybridized carbons (Fsp3) is 0.708. The van der Waals surface area contributed by atoms with Crippen molar-refractivity contribution in [1.29, 1.82) is 0 Å². The Morgan fingerprint density at radius 3 is 1.45 bits per heavy atom. The second-order valence-corrected chi connectivity index (χ2v) is 8.00. The third-order valence-corrected chi connectivity index (χ3v) is 4.13. The minimum atomic E-state index is -2.02. The second-order valence-electron chi connectivity index (χ2n) is 8.00. The van der Waals surface area contributed by atoms with E-state index in [0.717, 1.165) is 19.6 Å². The first kappa shape index (κ1) is 47.0. The first-order chi connectivity index (χ1) is 20.8. The van der Waals surface area contributed by atoms with Crippen molar-refractivity contribution in [3.05, 3.63) is 0 Å². The van der Waals surface area contributed by atoms with Crippen molar-refractivity contribution in [2.24, 2.45) is 17.2 Å². The quantitative estimate of drug-likeness (QED) is 0.0699. The fourth-order valence-electron chi connectivity index (χ4n) is 2.21. The van der Waals surface area contributed by atoms with Gasteiger partial charge in [-0.05, 0) is 33.1 Å². The van der Waals surface area contributed by atoms with E-state index in [9.17, 15) is 38.7 Å². The molecule has 2 atom stereocenters. The number of hydrogen-bond acceptors (Lipinski definition) is 13. The third-order valence-electron chi connectivity index (χ3n) is 4.13. The molecule has 258 valence electrons. The molecule has 0 fully saturated rings. The van der Waals surface area contributed by atoms with Gasteiger partial charge in [0.25, 0.3) is 5.91 Å². The lowest BCUT2D eigenvalue weighted by Crippen LogP contribution is -2.52. The smallest absolute Gasteiger partial charge is 0.270 e. The second kappa shape index (κ2) is 33.6. The summed E-state index contributed by atoms with van der Waals surface area (Å²) in [6, 6.07) is -0.764. The summed E-state index contributed by atoms with van der Waals surface area (Å²) < 4.78 is 0. The van der Waals surface area contributed by atoms with Gasteiger partial charge < -0.3 is 69.9 Å². The van der Waals surface area contributed by atoms with E-state index in [2.05, 4.69) is 31.9 Å². The number of amides is 7. The van der Waals surface area contributed by atoms with Gasteiger partial charge in [0.1, 0.15) is 6.61 Å². The summed E-state index contributed by atoms with van der Waals surface area (Å²) in [5.74, 6) is -5.05. The van der Waals surface area contributed by atoms with Crippen LogP contribution in [-0.4, -0.2) is 137 Å². The number of aliphatic hydroxyl groups excluding tert-OH is 2. The summed E-state index contributed by atoms with van der Waals surface area (Å²) in [7, 11) is 2.87. The number of carbonyl (C=O) groups excluding carboxylic acids is 7. The van der Waals surface area contributed by atoms with E-state index in [0.29, 0.717) is 0 Å². The summed E-state index contributed by atoms with van der Waals surface area (Å²) in [4.78, 5) is 80.8. The Morgan fingerprint density at radius 2 is 1.02 bits per heavy atom. The van der Waals surface area contributed by atoms with Gasteiger partial charge in [0.05, 0.1) is 32.2 Å². The molecule has 0 heterocycles. The van der Waals surface area contributed by atoms with Crippen LogP contribution in [-0.2, 0) is 33.6 Å². The monoisotopic (exact) mass is 639 g/mol. The number of carbonyl (C=O) groups is 7. The van der Waals surface area contributed by atoms with E-state index in [4.69, 9.17) is 22.3 Å².